The molecule has 0 fully saturated rings. The van der Waals surface area contributed by atoms with E-state index in [1.165, 1.54) is 0 Å². The van der Waals surface area contributed by atoms with Gasteiger partial charge in [0.2, 0.25) is 0 Å². The number of hydrogen-bond donors (Lipinski definition) is 0. The van der Waals surface area contributed by atoms with E-state index >= 15 is 0 Å². The molecular formula is C10H12O3S. The van der Waals surface area contributed by atoms with E-state index in [4.69, 9.17) is 9.47 Å². The van der Waals surface area contributed by atoms with Crippen molar-refractivity contribution in [1.82, 2.24) is 0 Å². The van der Waals surface area contributed by atoms with Gasteiger partial charge in [0, 0.05) is 5.56 Å². The van der Waals surface area contributed by atoms with Gasteiger partial charge < -0.3 is 9.47 Å². The fourth-order valence-corrected chi connectivity index (χ4v) is 1.24. The van der Waals surface area contributed by atoms with E-state index in [0.717, 1.165) is 6.29 Å². The first-order valence-electron chi connectivity index (χ1n) is 4.06. The summed E-state index contributed by atoms with van der Waals surface area (Å²) in [5.41, 5.74) is 0.582. The molecule has 0 N–H and O–H groups in total. The molecule has 1 rings (SSSR count). The van der Waals surface area contributed by atoms with E-state index in [1.807, 2.05) is 6.26 Å². The van der Waals surface area contributed by atoms with Crippen LogP contribution in [-0.4, -0.2) is 25.6 Å². The lowest BCUT2D eigenvalue weighted by Gasteiger charge is -2.09. The van der Waals surface area contributed by atoms with Crippen LogP contribution in [0.1, 0.15) is 10.4 Å². The molecule has 0 heterocycles. The highest BCUT2D eigenvalue weighted by molar-refractivity contribution is 7.98. The van der Waals surface area contributed by atoms with E-state index in [2.05, 4.69) is 0 Å². The van der Waals surface area contributed by atoms with Crippen molar-refractivity contribution >= 4 is 18.0 Å². The van der Waals surface area contributed by atoms with Crippen LogP contribution in [0.2, 0.25) is 0 Å². The van der Waals surface area contributed by atoms with Gasteiger partial charge in [-0.05, 0) is 24.5 Å². The van der Waals surface area contributed by atoms with Crippen molar-refractivity contribution in [2.75, 3.05) is 19.3 Å². The molecule has 3 nitrogen and oxygen atoms in total. The summed E-state index contributed by atoms with van der Waals surface area (Å²) in [5, 5.41) is 0. The average molecular weight is 212 g/mol. The number of rotatable bonds is 5. The molecule has 0 spiro atoms. The molecule has 1 aromatic carbocycles. The van der Waals surface area contributed by atoms with Crippen LogP contribution in [0.25, 0.3) is 0 Å². The Labute approximate surface area is 87.4 Å². The molecule has 76 valence electrons. The molecular weight excluding hydrogens is 200 g/mol. The molecule has 1 aromatic rings. The van der Waals surface area contributed by atoms with Crippen LogP contribution in [0.4, 0.5) is 0 Å². The van der Waals surface area contributed by atoms with Gasteiger partial charge in [-0.25, -0.2) is 0 Å². The first kappa shape index (κ1) is 10.9. The Balaban J connectivity index is 2.87. The number of hydrogen-bond acceptors (Lipinski definition) is 4. The van der Waals surface area contributed by atoms with Gasteiger partial charge in [0.15, 0.2) is 11.5 Å². The minimum atomic E-state index is 0.566. The van der Waals surface area contributed by atoms with Gasteiger partial charge in [-0.2, -0.15) is 0 Å². The molecule has 0 atom stereocenters. The zero-order chi connectivity index (χ0) is 10.4. The van der Waals surface area contributed by atoms with Gasteiger partial charge in [0.1, 0.15) is 12.2 Å². The highest BCUT2D eigenvalue weighted by Crippen LogP contribution is 2.27. The highest BCUT2D eigenvalue weighted by Gasteiger charge is 2.04. The predicted octanol–water partition coefficient (Wildman–Crippen LogP) is 2.21. The summed E-state index contributed by atoms with van der Waals surface area (Å²) < 4.78 is 10.5. The molecule has 0 saturated carbocycles. The van der Waals surface area contributed by atoms with Crippen molar-refractivity contribution < 1.29 is 14.3 Å². The van der Waals surface area contributed by atoms with Crippen molar-refractivity contribution in [1.29, 1.82) is 0 Å². The normalized spacial score (nSPS) is 9.57. The summed E-state index contributed by atoms with van der Waals surface area (Å²) in [6, 6.07) is 5.09. The van der Waals surface area contributed by atoms with Crippen LogP contribution < -0.4 is 9.47 Å². The maximum atomic E-state index is 10.5. The third-order valence-corrected chi connectivity index (χ3v) is 2.01. The quantitative estimate of drug-likeness (QED) is 0.553. The van der Waals surface area contributed by atoms with Gasteiger partial charge in [-0.15, -0.1) is 11.8 Å². The number of carbonyl (C=O) groups is 1. The zero-order valence-corrected chi connectivity index (χ0v) is 8.97. The summed E-state index contributed by atoms with van der Waals surface area (Å²) in [7, 11) is 1.55. The third-order valence-electron chi connectivity index (χ3n) is 1.66. The maximum absolute atomic E-state index is 10.5. The molecule has 0 aliphatic rings. The summed E-state index contributed by atoms with van der Waals surface area (Å²) in [5.74, 6) is 1.81. The second kappa shape index (κ2) is 5.54. The Bertz CT molecular complexity index is 312. The molecule has 4 heteroatoms. The number of thioether (sulfide) groups is 1. The number of carbonyl (C=O) groups excluding carboxylic acids is 1. The van der Waals surface area contributed by atoms with Crippen LogP contribution in [0.3, 0.4) is 0 Å². The minimum Gasteiger partial charge on any atom is -0.493 e. The van der Waals surface area contributed by atoms with Crippen LogP contribution in [-0.2, 0) is 0 Å². The first-order valence-corrected chi connectivity index (χ1v) is 5.46. The summed E-state index contributed by atoms with van der Waals surface area (Å²) in [6.45, 7) is 0. The van der Waals surface area contributed by atoms with Crippen LogP contribution in [0.5, 0.6) is 11.5 Å². The lowest BCUT2D eigenvalue weighted by atomic mass is 10.2. The van der Waals surface area contributed by atoms with E-state index < -0.39 is 0 Å². The lowest BCUT2D eigenvalue weighted by molar-refractivity contribution is 0.112. The molecule has 0 bridgehead atoms. The SMILES string of the molecule is COc1cc(C=O)ccc1OCSC. The van der Waals surface area contributed by atoms with E-state index in [9.17, 15) is 4.79 Å². The maximum Gasteiger partial charge on any atom is 0.162 e. The largest absolute Gasteiger partial charge is 0.493 e. The van der Waals surface area contributed by atoms with Gasteiger partial charge >= 0.3 is 0 Å². The zero-order valence-electron chi connectivity index (χ0n) is 8.15. The molecule has 0 aromatic heterocycles. The van der Waals surface area contributed by atoms with E-state index in [0.29, 0.717) is 23.0 Å². The second-order valence-corrected chi connectivity index (χ2v) is 3.39. The molecule has 14 heavy (non-hydrogen) atoms. The van der Waals surface area contributed by atoms with Crippen molar-refractivity contribution in [3.05, 3.63) is 23.8 Å². The summed E-state index contributed by atoms with van der Waals surface area (Å²) >= 11 is 1.58. The Kier molecular flexibility index (Phi) is 4.32. The fourth-order valence-electron chi connectivity index (χ4n) is 0.999. The number of ether oxygens (including phenoxy) is 2. The fraction of sp³-hybridized carbons (Fsp3) is 0.300. The predicted molar refractivity (Wildman–Crippen MR) is 57.4 cm³/mol. The van der Waals surface area contributed by atoms with Crippen molar-refractivity contribution in [3.8, 4) is 11.5 Å². The molecule has 0 unspecified atom stereocenters. The monoisotopic (exact) mass is 212 g/mol. The van der Waals surface area contributed by atoms with Crippen LogP contribution in [0.15, 0.2) is 18.2 Å². The average Bonchev–Trinajstić information content (AvgIpc) is 2.26. The summed E-state index contributed by atoms with van der Waals surface area (Å²) in [6.07, 6.45) is 2.73. The standard InChI is InChI=1S/C10H12O3S/c1-12-10-5-8(6-11)3-4-9(10)13-7-14-2/h3-6H,7H2,1-2H3. The number of methoxy groups -OCH3 is 1. The smallest absolute Gasteiger partial charge is 0.162 e. The molecule has 0 aliphatic carbocycles. The summed E-state index contributed by atoms with van der Waals surface area (Å²) in [4.78, 5) is 10.5. The number of aldehydes is 1. The highest BCUT2D eigenvalue weighted by atomic mass is 32.2. The van der Waals surface area contributed by atoms with Crippen molar-refractivity contribution in [3.63, 3.8) is 0 Å². The number of benzene rings is 1. The van der Waals surface area contributed by atoms with Crippen molar-refractivity contribution in [2.24, 2.45) is 0 Å². The van der Waals surface area contributed by atoms with Crippen molar-refractivity contribution in [2.45, 2.75) is 0 Å². The van der Waals surface area contributed by atoms with Gasteiger partial charge in [0.25, 0.3) is 0 Å². The first-order chi connectivity index (χ1) is 6.81. The second-order valence-electron chi connectivity index (χ2n) is 2.58. The van der Waals surface area contributed by atoms with Gasteiger partial charge in [-0.3, -0.25) is 4.79 Å². The Morgan fingerprint density at radius 1 is 1.43 bits per heavy atom. The van der Waals surface area contributed by atoms with Gasteiger partial charge in [-0.1, -0.05) is 0 Å². The third kappa shape index (κ3) is 2.67. The Morgan fingerprint density at radius 2 is 2.21 bits per heavy atom. The molecule has 0 radical (unpaired) electrons. The Morgan fingerprint density at radius 3 is 2.79 bits per heavy atom. The van der Waals surface area contributed by atoms with E-state index in [1.54, 1.807) is 37.1 Å². The van der Waals surface area contributed by atoms with Crippen LogP contribution >= 0.6 is 11.8 Å². The Hall–Kier alpha value is -1.16. The topological polar surface area (TPSA) is 35.5 Å². The van der Waals surface area contributed by atoms with Crippen LogP contribution in [0, 0.1) is 0 Å². The molecule has 0 amide bonds. The molecule has 0 aliphatic heterocycles. The minimum absolute atomic E-state index is 0.566. The van der Waals surface area contributed by atoms with E-state index in [-0.39, 0.29) is 0 Å². The molecule has 0 saturated heterocycles. The lowest BCUT2D eigenvalue weighted by Crippen LogP contribution is -1.96. The van der Waals surface area contributed by atoms with Gasteiger partial charge in [0.05, 0.1) is 7.11 Å².